The largest absolute Gasteiger partial charge is 0.351 e. The van der Waals surface area contributed by atoms with E-state index in [-0.39, 0.29) is 5.56 Å². The highest BCUT2D eigenvalue weighted by Gasteiger charge is 2.23. The van der Waals surface area contributed by atoms with Gasteiger partial charge in [-0.05, 0) is 19.1 Å². The minimum atomic E-state index is -3.13. The van der Waals surface area contributed by atoms with E-state index in [9.17, 15) is 18.0 Å². The fourth-order valence-corrected chi connectivity index (χ4v) is 3.29. The zero-order valence-electron chi connectivity index (χ0n) is 13.3. The number of rotatable bonds is 5. The molecule has 0 radical (unpaired) electrons. The first-order chi connectivity index (χ1) is 10.8. The third-order valence-electron chi connectivity index (χ3n) is 3.81. The van der Waals surface area contributed by atoms with Crippen molar-refractivity contribution in [3.63, 3.8) is 0 Å². The third-order valence-corrected chi connectivity index (χ3v) is 5.12. The Balaban J connectivity index is 1.78. The van der Waals surface area contributed by atoms with Crippen LogP contribution >= 0.6 is 0 Å². The van der Waals surface area contributed by atoms with Gasteiger partial charge in [0.15, 0.2) is 0 Å². The van der Waals surface area contributed by atoms with E-state index in [1.165, 1.54) is 16.6 Å². The van der Waals surface area contributed by atoms with Gasteiger partial charge in [-0.1, -0.05) is 0 Å². The number of amides is 1. The van der Waals surface area contributed by atoms with Crippen LogP contribution in [0.4, 0.5) is 0 Å². The summed E-state index contributed by atoms with van der Waals surface area (Å²) in [5.74, 6) is -0.402. The maximum absolute atomic E-state index is 12.0. The second kappa shape index (κ2) is 7.24. The lowest BCUT2D eigenvalue weighted by atomic mass is 10.2. The van der Waals surface area contributed by atoms with Crippen molar-refractivity contribution >= 4 is 15.9 Å². The van der Waals surface area contributed by atoms with Crippen molar-refractivity contribution in [2.45, 2.75) is 6.92 Å². The van der Waals surface area contributed by atoms with Gasteiger partial charge >= 0.3 is 0 Å². The van der Waals surface area contributed by atoms with Crippen molar-refractivity contribution in [1.29, 1.82) is 0 Å². The molecule has 9 heteroatoms. The molecule has 23 heavy (non-hydrogen) atoms. The number of hydrogen-bond donors (Lipinski definition) is 2. The molecule has 2 N–H and O–H groups in total. The van der Waals surface area contributed by atoms with Gasteiger partial charge in [0.05, 0.1) is 6.26 Å². The van der Waals surface area contributed by atoms with Gasteiger partial charge in [-0.3, -0.25) is 14.5 Å². The lowest BCUT2D eigenvalue weighted by Gasteiger charge is -2.33. The fourth-order valence-electron chi connectivity index (χ4n) is 2.46. The molecular formula is C14H22N4O4S. The standard InChI is InChI=1S/C14H22N4O4S/c1-11-3-4-12(14(20)16-11)13(19)15-5-6-17-7-9-18(10-8-17)23(2,21)22/h3-4H,5-10H2,1-2H3,(H,15,19)(H,16,20). The molecule has 0 atom stereocenters. The number of hydrogen-bond acceptors (Lipinski definition) is 5. The highest BCUT2D eigenvalue weighted by molar-refractivity contribution is 7.88. The highest BCUT2D eigenvalue weighted by atomic mass is 32.2. The first kappa shape index (κ1) is 17.6. The SMILES string of the molecule is Cc1ccc(C(=O)NCCN2CCN(S(C)(=O)=O)CC2)c(=O)[nH]1. The molecule has 2 heterocycles. The average Bonchev–Trinajstić information content (AvgIpc) is 2.46. The van der Waals surface area contributed by atoms with Crippen LogP contribution in [0.1, 0.15) is 16.1 Å². The Kier molecular flexibility index (Phi) is 5.55. The number of carbonyl (C=O) groups excluding carboxylic acids is 1. The van der Waals surface area contributed by atoms with Crippen molar-refractivity contribution in [3.05, 3.63) is 33.7 Å². The van der Waals surface area contributed by atoms with Crippen LogP contribution < -0.4 is 10.9 Å². The van der Waals surface area contributed by atoms with E-state index >= 15 is 0 Å². The number of aromatic amines is 1. The number of piperazine rings is 1. The summed E-state index contributed by atoms with van der Waals surface area (Å²) in [5.41, 5.74) is 0.400. The molecule has 1 aromatic heterocycles. The van der Waals surface area contributed by atoms with E-state index in [0.717, 1.165) is 0 Å². The maximum atomic E-state index is 12.0. The first-order valence-electron chi connectivity index (χ1n) is 7.43. The molecule has 1 saturated heterocycles. The van der Waals surface area contributed by atoms with Crippen molar-refractivity contribution in [3.8, 4) is 0 Å². The Hall–Kier alpha value is -1.71. The van der Waals surface area contributed by atoms with Gasteiger partial charge in [-0.15, -0.1) is 0 Å². The van der Waals surface area contributed by atoms with Crippen LogP contribution in [-0.2, 0) is 10.0 Å². The highest BCUT2D eigenvalue weighted by Crippen LogP contribution is 2.05. The Morgan fingerprint density at radius 2 is 1.91 bits per heavy atom. The van der Waals surface area contributed by atoms with Gasteiger partial charge in [0.25, 0.3) is 11.5 Å². The van der Waals surface area contributed by atoms with Gasteiger partial charge < -0.3 is 10.3 Å². The molecule has 0 saturated carbocycles. The molecule has 1 aromatic rings. The summed E-state index contributed by atoms with van der Waals surface area (Å²) >= 11 is 0. The summed E-state index contributed by atoms with van der Waals surface area (Å²) in [4.78, 5) is 28.3. The summed E-state index contributed by atoms with van der Waals surface area (Å²) in [7, 11) is -3.13. The number of nitrogens with zero attached hydrogens (tertiary/aromatic N) is 2. The minimum absolute atomic E-state index is 0.0949. The molecule has 0 aliphatic carbocycles. The summed E-state index contributed by atoms with van der Waals surface area (Å²) in [6, 6.07) is 3.19. The second-order valence-corrected chi connectivity index (χ2v) is 7.63. The molecule has 8 nitrogen and oxygen atoms in total. The van der Waals surface area contributed by atoms with Crippen LogP contribution in [0.5, 0.6) is 0 Å². The number of nitrogens with one attached hydrogen (secondary N) is 2. The number of aromatic nitrogens is 1. The van der Waals surface area contributed by atoms with Crippen LogP contribution in [0, 0.1) is 6.92 Å². The van der Waals surface area contributed by atoms with E-state index in [2.05, 4.69) is 15.2 Å². The van der Waals surface area contributed by atoms with Crippen molar-refractivity contribution in [2.75, 3.05) is 45.5 Å². The average molecular weight is 342 g/mol. The smallest absolute Gasteiger partial charge is 0.260 e. The zero-order chi connectivity index (χ0) is 17.0. The maximum Gasteiger partial charge on any atom is 0.260 e. The summed E-state index contributed by atoms with van der Waals surface area (Å²) in [6.07, 6.45) is 1.21. The zero-order valence-corrected chi connectivity index (χ0v) is 14.1. The molecule has 1 aliphatic heterocycles. The van der Waals surface area contributed by atoms with Crippen molar-refractivity contribution < 1.29 is 13.2 Å². The Morgan fingerprint density at radius 3 is 2.48 bits per heavy atom. The van der Waals surface area contributed by atoms with E-state index < -0.39 is 21.5 Å². The van der Waals surface area contributed by atoms with E-state index in [4.69, 9.17) is 0 Å². The van der Waals surface area contributed by atoms with E-state index in [1.54, 1.807) is 13.0 Å². The van der Waals surface area contributed by atoms with Gasteiger partial charge in [0.1, 0.15) is 5.56 Å². The molecule has 1 amide bonds. The molecule has 1 aliphatic rings. The minimum Gasteiger partial charge on any atom is -0.351 e. The van der Waals surface area contributed by atoms with Crippen LogP contribution in [0.3, 0.4) is 0 Å². The van der Waals surface area contributed by atoms with E-state index in [1.807, 2.05) is 0 Å². The Morgan fingerprint density at radius 1 is 1.26 bits per heavy atom. The van der Waals surface area contributed by atoms with Gasteiger partial charge in [0, 0.05) is 45.0 Å². The molecule has 0 bridgehead atoms. The Labute approximate surface area is 135 Å². The van der Waals surface area contributed by atoms with Crippen molar-refractivity contribution in [1.82, 2.24) is 19.5 Å². The molecule has 0 spiro atoms. The molecule has 0 aromatic carbocycles. The van der Waals surface area contributed by atoms with Crippen LogP contribution in [0.25, 0.3) is 0 Å². The van der Waals surface area contributed by atoms with Crippen LogP contribution in [-0.4, -0.2) is 74.0 Å². The van der Waals surface area contributed by atoms with Gasteiger partial charge in [0.2, 0.25) is 10.0 Å². The van der Waals surface area contributed by atoms with Crippen LogP contribution in [0.2, 0.25) is 0 Å². The normalized spacial score (nSPS) is 17.1. The monoisotopic (exact) mass is 342 g/mol. The lowest BCUT2D eigenvalue weighted by molar-refractivity contribution is 0.0943. The molecule has 2 rings (SSSR count). The lowest BCUT2D eigenvalue weighted by Crippen LogP contribution is -2.50. The van der Waals surface area contributed by atoms with Gasteiger partial charge in [-0.25, -0.2) is 8.42 Å². The quantitative estimate of drug-likeness (QED) is 0.714. The fraction of sp³-hybridized carbons (Fsp3) is 0.571. The number of aryl methyl sites for hydroxylation is 1. The number of carbonyl (C=O) groups is 1. The predicted molar refractivity (Wildman–Crippen MR) is 87.0 cm³/mol. The number of H-pyrrole nitrogens is 1. The summed E-state index contributed by atoms with van der Waals surface area (Å²) in [6.45, 7) is 4.97. The Bertz CT molecular complexity index is 721. The second-order valence-electron chi connectivity index (χ2n) is 5.64. The number of pyridine rings is 1. The van der Waals surface area contributed by atoms with Crippen LogP contribution in [0.15, 0.2) is 16.9 Å². The summed E-state index contributed by atoms with van der Waals surface area (Å²) in [5, 5.41) is 2.72. The first-order valence-corrected chi connectivity index (χ1v) is 9.28. The van der Waals surface area contributed by atoms with Crippen molar-refractivity contribution in [2.24, 2.45) is 0 Å². The van der Waals surface area contributed by atoms with E-state index in [0.29, 0.717) is 45.0 Å². The number of sulfonamides is 1. The topological polar surface area (TPSA) is 103 Å². The molecule has 128 valence electrons. The third kappa shape index (κ3) is 4.88. The summed E-state index contributed by atoms with van der Waals surface area (Å²) < 4.78 is 24.3. The molecular weight excluding hydrogens is 320 g/mol. The molecule has 1 fully saturated rings. The van der Waals surface area contributed by atoms with Gasteiger partial charge in [-0.2, -0.15) is 4.31 Å². The predicted octanol–water partition coefficient (Wildman–Crippen LogP) is -1.01. The molecule has 0 unspecified atom stereocenters.